The van der Waals surface area contributed by atoms with Crippen LogP contribution in [0, 0.1) is 6.92 Å². The van der Waals surface area contributed by atoms with Crippen LogP contribution in [-0.2, 0) is 0 Å². The summed E-state index contributed by atoms with van der Waals surface area (Å²) in [5.41, 5.74) is 8.62. The summed E-state index contributed by atoms with van der Waals surface area (Å²) in [5, 5.41) is 0.476. The highest BCUT2D eigenvalue weighted by Crippen LogP contribution is 2.40. The molecule has 35 heavy (non-hydrogen) atoms. The largest absolute Gasteiger partial charge is 0.463 e. The summed E-state index contributed by atoms with van der Waals surface area (Å²) >= 11 is 1.42. The molecule has 0 spiro atoms. The number of aryl methyl sites for hydroxylation is 1. The fourth-order valence-electron chi connectivity index (χ4n) is 4.78. The van der Waals surface area contributed by atoms with Crippen molar-refractivity contribution in [3.63, 3.8) is 0 Å². The Balaban J connectivity index is 1.56. The predicted molar refractivity (Wildman–Crippen MR) is 148 cm³/mol. The fourth-order valence-corrected chi connectivity index (χ4v) is 5.76. The minimum atomic E-state index is -0.255. The molecule has 3 aromatic rings. The number of nitrogens with zero attached hydrogens (tertiary/aromatic N) is 1. The number of nitrogens with two attached hydrogens (primary N) is 1. The second-order valence-corrected chi connectivity index (χ2v) is 10.7. The van der Waals surface area contributed by atoms with E-state index in [1.807, 2.05) is 43.3 Å². The van der Waals surface area contributed by atoms with Crippen molar-refractivity contribution in [2.75, 3.05) is 5.73 Å². The van der Waals surface area contributed by atoms with Gasteiger partial charge < -0.3 is 10.2 Å². The maximum Gasteiger partial charge on any atom is 0.180 e. The highest BCUT2D eigenvalue weighted by molar-refractivity contribution is 7.16. The molecule has 0 saturated carbocycles. The third kappa shape index (κ3) is 8.34. The van der Waals surface area contributed by atoms with Crippen LogP contribution >= 0.6 is 11.3 Å². The quantitative estimate of drug-likeness (QED) is 0.150. The zero-order chi connectivity index (χ0) is 24.9. The van der Waals surface area contributed by atoms with Gasteiger partial charge in [-0.3, -0.25) is 4.79 Å². The van der Waals surface area contributed by atoms with Crippen molar-refractivity contribution in [1.82, 2.24) is 4.98 Å². The van der Waals surface area contributed by atoms with E-state index < -0.39 is 0 Å². The lowest BCUT2D eigenvalue weighted by atomic mass is 9.88. The van der Waals surface area contributed by atoms with Gasteiger partial charge in [0, 0.05) is 10.4 Å². The van der Waals surface area contributed by atoms with Gasteiger partial charge in [0.15, 0.2) is 16.7 Å². The number of carbonyl (C=O) groups is 1. The molecule has 2 heterocycles. The van der Waals surface area contributed by atoms with E-state index in [1.165, 1.54) is 75.5 Å². The number of hydrogen-bond donors (Lipinski definition) is 1. The molecular formula is C30H42N2O2S. The van der Waals surface area contributed by atoms with Crippen molar-refractivity contribution in [3.8, 4) is 11.5 Å². The van der Waals surface area contributed by atoms with Gasteiger partial charge in [0.2, 0.25) is 0 Å². The van der Waals surface area contributed by atoms with Gasteiger partial charge in [-0.05, 0) is 31.0 Å². The second kappa shape index (κ2) is 14.9. The summed E-state index contributed by atoms with van der Waals surface area (Å²) in [6, 6.07) is 11.6. The molecule has 5 heteroatoms. The van der Waals surface area contributed by atoms with E-state index in [1.54, 1.807) is 6.26 Å². The number of anilines is 1. The molecule has 1 unspecified atom stereocenters. The Morgan fingerprint density at radius 1 is 0.914 bits per heavy atom. The third-order valence-corrected chi connectivity index (χ3v) is 7.81. The number of thiazole rings is 1. The Kier molecular flexibility index (Phi) is 11.6. The second-order valence-electron chi connectivity index (χ2n) is 9.65. The molecule has 0 aliphatic rings. The zero-order valence-corrected chi connectivity index (χ0v) is 22.4. The SMILES string of the molecule is CCCCCCCCCCCCCCC(C(=O)c1ccccc1C)c1sc(N)nc1-c1ccco1. The molecule has 1 atom stereocenters. The molecule has 0 fully saturated rings. The van der Waals surface area contributed by atoms with Crippen LogP contribution in [-0.4, -0.2) is 10.8 Å². The zero-order valence-electron chi connectivity index (χ0n) is 21.6. The number of carbonyl (C=O) groups excluding carboxylic acids is 1. The number of benzene rings is 1. The van der Waals surface area contributed by atoms with Crippen LogP contribution in [0.5, 0.6) is 0 Å². The van der Waals surface area contributed by atoms with Crippen molar-refractivity contribution >= 4 is 22.3 Å². The van der Waals surface area contributed by atoms with Crippen LogP contribution in [0.1, 0.15) is 117 Å². The average molecular weight is 495 g/mol. The number of aromatic nitrogens is 1. The fraction of sp³-hybridized carbons (Fsp3) is 0.533. The standard InChI is InChI=1S/C30H42N2O2S/c1-3-4-5-6-7-8-9-10-11-12-13-14-20-25(28(33)24-19-16-15-18-23(24)2)29-27(32-30(31)35-29)26-21-17-22-34-26/h15-19,21-22,25H,3-14,20H2,1-2H3,(H2,31,32). The van der Waals surface area contributed by atoms with Crippen molar-refractivity contribution in [2.45, 2.75) is 103 Å². The van der Waals surface area contributed by atoms with Gasteiger partial charge in [0.05, 0.1) is 12.2 Å². The number of furan rings is 1. The minimum Gasteiger partial charge on any atom is -0.463 e. The van der Waals surface area contributed by atoms with E-state index in [0.29, 0.717) is 16.6 Å². The topological polar surface area (TPSA) is 69.1 Å². The molecule has 1 aromatic carbocycles. The third-order valence-electron chi connectivity index (χ3n) is 6.81. The molecule has 2 N–H and O–H groups in total. The highest BCUT2D eigenvalue weighted by Gasteiger charge is 2.29. The van der Waals surface area contributed by atoms with Crippen molar-refractivity contribution in [2.24, 2.45) is 0 Å². The molecule has 3 rings (SSSR count). The summed E-state index contributed by atoms with van der Waals surface area (Å²) < 4.78 is 5.63. The molecule has 190 valence electrons. The number of hydrogen-bond acceptors (Lipinski definition) is 5. The minimum absolute atomic E-state index is 0.155. The highest BCUT2D eigenvalue weighted by atomic mass is 32.1. The van der Waals surface area contributed by atoms with Gasteiger partial charge in [-0.25, -0.2) is 4.98 Å². The number of rotatable bonds is 17. The Morgan fingerprint density at radius 3 is 2.14 bits per heavy atom. The van der Waals surface area contributed by atoms with Crippen molar-refractivity contribution in [3.05, 3.63) is 58.7 Å². The molecule has 0 saturated heterocycles. The van der Waals surface area contributed by atoms with E-state index in [-0.39, 0.29) is 11.7 Å². The first-order valence-electron chi connectivity index (χ1n) is 13.5. The Morgan fingerprint density at radius 2 is 1.54 bits per heavy atom. The monoisotopic (exact) mass is 494 g/mol. The van der Waals surface area contributed by atoms with Gasteiger partial charge in [-0.2, -0.15) is 0 Å². The van der Waals surface area contributed by atoms with Crippen LogP contribution in [0.3, 0.4) is 0 Å². The summed E-state index contributed by atoms with van der Waals surface area (Å²) in [5.74, 6) is 0.571. The van der Waals surface area contributed by atoms with Crippen molar-refractivity contribution in [1.29, 1.82) is 0 Å². The predicted octanol–water partition coefficient (Wildman–Crippen LogP) is 9.35. The average Bonchev–Trinajstić information content (AvgIpc) is 3.52. The lowest BCUT2D eigenvalue weighted by Gasteiger charge is -2.17. The smallest absolute Gasteiger partial charge is 0.180 e. The molecule has 0 radical (unpaired) electrons. The number of unbranched alkanes of at least 4 members (excludes halogenated alkanes) is 11. The summed E-state index contributed by atoms with van der Waals surface area (Å²) in [4.78, 5) is 19.2. The van der Waals surface area contributed by atoms with E-state index in [2.05, 4.69) is 11.9 Å². The van der Waals surface area contributed by atoms with Gasteiger partial charge in [0.1, 0.15) is 5.69 Å². The van der Waals surface area contributed by atoms with Gasteiger partial charge >= 0.3 is 0 Å². The van der Waals surface area contributed by atoms with Crippen LogP contribution in [0.4, 0.5) is 5.13 Å². The summed E-state index contributed by atoms with van der Waals surface area (Å²) in [6.45, 7) is 4.27. The number of nitrogen functional groups attached to an aromatic ring is 1. The Labute approximate surface area is 215 Å². The van der Waals surface area contributed by atoms with E-state index in [0.717, 1.165) is 35.3 Å². The Hall–Kier alpha value is -2.40. The lowest BCUT2D eigenvalue weighted by Crippen LogP contribution is -2.14. The number of Topliss-reactive ketones (excluding diaryl/α,β-unsaturated/α-hetero) is 1. The molecule has 0 amide bonds. The molecule has 0 bridgehead atoms. The van der Waals surface area contributed by atoms with Gasteiger partial charge in [-0.1, -0.05) is 108 Å². The molecular weight excluding hydrogens is 452 g/mol. The van der Waals surface area contributed by atoms with Crippen LogP contribution in [0.25, 0.3) is 11.5 Å². The first-order chi connectivity index (χ1) is 17.1. The van der Waals surface area contributed by atoms with Crippen LogP contribution < -0.4 is 5.73 Å². The van der Waals surface area contributed by atoms with E-state index in [9.17, 15) is 4.79 Å². The van der Waals surface area contributed by atoms with Gasteiger partial charge in [-0.15, -0.1) is 11.3 Å². The van der Waals surface area contributed by atoms with E-state index in [4.69, 9.17) is 10.2 Å². The maximum atomic E-state index is 13.7. The number of ketones is 1. The lowest BCUT2D eigenvalue weighted by molar-refractivity contribution is 0.0954. The van der Waals surface area contributed by atoms with Gasteiger partial charge in [0.25, 0.3) is 0 Å². The molecule has 0 aliphatic heterocycles. The van der Waals surface area contributed by atoms with Crippen LogP contribution in [0.15, 0.2) is 47.1 Å². The first kappa shape index (κ1) is 27.2. The maximum absolute atomic E-state index is 13.7. The summed E-state index contributed by atoms with van der Waals surface area (Å²) in [7, 11) is 0. The first-order valence-corrected chi connectivity index (χ1v) is 14.3. The summed E-state index contributed by atoms with van der Waals surface area (Å²) in [6.07, 6.45) is 18.1. The normalized spacial score (nSPS) is 12.2. The molecule has 2 aromatic heterocycles. The molecule has 0 aliphatic carbocycles. The Bertz CT molecular complexity index is 1010. The molecule has 4 nitrogen and oxygen atoms in total. The van der Waals surface area contributed by atoms with Crippen molar-refractivity contribution < 1.29 is 9.21 Å². The van der Waals surface area contributed by atoms with E-state index >= 15 is 0 Å². The van der Waals surface area contributed by atoms with Crippen LogP contribution in [0.2, 0.25) is 0 Å².